The number of imidazole rings is 1. The molecule has 0 spiro atoms. The van der Waals surface area contributed by atoms with Gasteiger partial charge in [-0.1, -0.05) is 42.3 Å². The van der Waals surface area contributed by atoms with Gasteiger partial charge in [-0.15, -0.1) is 0 Å². The molecule has 0 bridgehead atoms. The molecule has 0 amide bonds. The second-order valence-electron chi connectivity index (χ2n) is 4.67. The molecule has 0 radical (unpaired) electrons. The fraction of sp³-hybridized carbons (Fsp3) is 0.312. The summed E-state index contributed by atoms with van der Waals surface area (Å²) < 4.78 is 0. The number of unbranched alkanes of at least 4 members (excludes halogenated alkanes) is 1. The van der Waals surface area contributed by atoms with Crippen LogP contribution in [0.15, 0.2) is 30.5 Å². The van der Waals surface area contributed by atoms with Crippen LogP contribution in [0.5, 0.6) is 0 Å². The highest BCUT2D eigenvalue weighted by molar-refractivity contribution is 6.35. The van der Waals surface area contributed by atoms with Gasteiger partial charge in [0, 0.05) is 16.5 Å². The van der Waals surface area contributed by atoms with Crippen LogP contribution >= 0.6 is 23.2 Å². The molecule has 2 aromatic rings. The maximum atomic E-state index is 6.14. The SMILES string of the molecule is CCc1ncc(/C=C/CCCc2ccc(Cl)cc2Cl)[nH]1. The average Bonchev–Trinajstić information content (AvgIpc) is 2.88. The minimum atomic E-state index is 0.685. The molecule has 2 rings (SSSR count). The summed E-state index contributed by atoms with van der Waals surface area (Å²) in [6, 6.07) is 5.68. The van der Waals surface area contributed by atoms with Crippen LogP contribution in [0.3, 0.4) is 0 Å². The van der Waals surface area contributed by atoms with Crippen LogP contribution in [0.1, 0.15) is 36.8 Å². The Morgan fingerprint density at radius 2 is 2.15 bits per heavy atom. The number of benzene rings is 1. The van der Waals surface area contributed by atoms with Gasteiger partial charge in [-0.2, -0.15) is 0 Å². The van der Waals surface area contributed by atoms with Gasteiger partial charge in [0.1, 0.15) is 5.82 Å². The lowest BCUT2D eigenvalue weighted by molar-refractivity contribution is 0.845. The van der Waals surface area contributed by atoms with Crippen molar-refractivity contribution in [1.29, 1.82) is 0 Å². The first-order chi connectivity index (χ1) is 9.69. The van der Waals surface area contributed by atoms with Crippen LogP contribution in [0.4, 0.5) is 0 Å². The maximum absolute atomic E-state index is 6.14. The number of hydrogen-bond donors (Lipinski definition) is 1. The molecule has 0 aliphatic heterocycles. The van der Waals surface area contributed by atoms with Crippen LogP contribution in [0.25, 0.3) is 6.08 Å². The van der Waals surface area contributed by atoms with E-state index in [9.17, 15) is 0 Å². The molecule has 0 aliphatic rings. The molecular weight excluding hydrogens is 291 g/mol. The number of aryl methyl sites for hydroxylation is 2. The second-order valence-corrected chi connectivity index (χ2v) is 5.51. The van der Waals surface area contributed by atoms with Gasteiger partial charge in [-0.25, -0.2) is 4.98 Å². The van der Waals surface area contributed by atoms with Crippen LogP contribution in [-0.4, -0.2) is 9.97 Å². The Morgan fingerprint density at radius 1 is 1.30 bits per heavy atom. The lowest BCUT2D eigenvalue weighted by Gasteiger charge is -2.03. The number of rotatable bonds is 6. The molecule has 0 unspecified atom stereocenters. The van der Waals surface area contributed by atoms with Crippen LogP contribution in [-0.2, 0) is 12.8 Å². The highest BCUT2D eigenvalue weighted by atomic mass is 35.5. The first kappa shape index (κ1) is 15.1. The lowest BCUT2D eigenvalue weighted by atomic mass is 10.1. The largest absolute Gasteiger partial charge is 0.343 e. The fourth-order valence-corrected chi connectivity index (χ4v) is 2.49. The summed E-state index contributed by atoms with van der Waals surface area (Å²) in [4.78, 5) is 7.52. The van der Waals surface area contributed by atoms with E-state index in [0.29, 0.717) is 5.02 Å². The molecule has 1 aromatic carbocycles. The summed E-state index contributed by atoms with van der Waals surface area (Å²) in [5.74, 6) is 1.03. The molecule has 1 heterocycles. The van der Waals surface area contributed by atoms with Crippen molar-refractivity contribution in [3.8, 4) is 0 Å². The highest BCUT2D eigenvalue weighted by Gasteiger charge is 2.00. The topological polar surface area (TPSA) is 28.7 Å². The van der Waals surface area contributed by atoms with Crippen molar-refractivity contribution >= 4 is 29.3 Å². The fourth-order valence-electron chi connectivity index (χ4n) is 1.99. The Bertz CT molecular complexity index is 588. The lowest BCUT2D eigenvalue weighted by Crippen LogP contribution is -1.86. The van der Waals surface area contributed by atoms with Crippen molar-refractivity contribution in [3.05, 3.63) is 57.6 Å². The molecule has 20 heavy (non-hydrogen) atoms. The summed E-state index contributed by atoms with van der Waals surface area (Å²) >= 11 is 12.0. The monoisotopic (exact) mass is 308 g/mol. The number of aromatic nitrogens is 2. The molecule has 4 heteroatoms. The second kappa shape index (κ2) is 7.51. The summed E-state index contributed by atoms with van der Waals surface area (Å²) in [5.41, 5.74) is 2.21. The summed E-state index contributed by atoms with van der Waals surface area (Å²) in [6.07, 6.45) is 10.1. The number of nitrogens with one attached hydrogen (secondary N) is 1. The van der Waals surface area contributed by atoms with Gasteiger partial charge in [0.05, 0.1) is 11.9 Å². The average molecular weight is 309 g/mol. The molecule has 0 saturated carbocycles. The van der Waals surface area contributed by atoms with E-state index in [4.69, 9.17) is 23.2 Å². The summed E-state index contributed by atoms with van der Waals surface area (Å²) in [5, 5.41) is 1.44. The van der Waals surface area contributed by atoms with Gasteiger partial charge in [-0.05, 0) is 43.0 Å². The number of aromatic amines is 1. The number of hydrogen-bond acceptors (Lipinski definition) is 1. The Hall–Kier alpha value is -1.25. The van der Waals surface area contributed by atoms with Crippen LogP contribution in [0, 0.1) is 0 Å². The Labute approximate surface area is 129 Å². The number of nitrogens with zero attached hydrogens (tertiary/aromatic N) is 1. The molecule has 0 aliphatic carbocycles. The molecule has 0 fully saturated rings. The van der Waals surface area contributed by atoms with Gasteiger partial charge in [0.25, 0.3) is 0 Å². The minimum Gasteiger partial charge on any atom is -0.343 e. The first-order valence-electron chi connectivity index (χ1n) is 6.83. The van der Waals surface area contributed by atoms with Crippen molar-refractivity contribution < 1.29 is 0 Å². The van der Waals surface area contributed by atoms with Crippen LogP contribution in [0.2, 0.25) is 10.0 Å². The number of halogens is 2. The van der Waals surface area contributed by atoms with Crippen molar-refractivity contribution in [2.75, 3.05) is 0 Å². The van der Waals surface area contributed by atoms with Gasteiger partial charge >= 0.3 is 0 Å². The van der Waals surface area contributed by atoms with Gasteiger partial charge in [0.2, 0.25) is 0 Å². The zero-order chi connectivity index (χ0) is 14.4. The van der Waals surface area contributed by atoms with Crippen molar-refractivity contribution in [3.63, 3.8) is 0 Å². The molecule has 0 atom stereocenters. The van der Waals surface area contributed by atoms with E-state index in [-0.39, 0.29) is 0 Å². The van der Waals surface area contributed by atoms with Gasteiger partial charge in [0.15, 0.2) is 0 Å². The molecule has 2 nitrogen and oxygen atoms in total. The third-order valence-corrected chi connectivity index (χ3v) is 3.70. The van der Waals surface area contributed by atoms with E-state index in [0.717, 1.165) is 47.8 Å². The third kappa shape index (κ3) is 4.39. The summed E-state index contributed by atoms with van der Waals surface area (Å²) in [6.45, 7) is 2.09. The predicted molar refractivity (Wildman–Crippen MR) is 86.4 cm³/mol. The smallest absolute Gasteiger partial charge is 0.106 e. The minimum absolute atomic E-state index is 0.685. The maximum Gasteiger partial charge on any atom is 0.106 e. The van der Waals surface area contributed by atoms with Gasteiger partial charge < -0.3 is 4.98 Å². The van der Waals surface area contributed by atoms with Crippen molar-refractivity contribution in [2.24, 2.45) is 0 Å². The number of allylic oxidation sites excluding steroid dienone is 1. The first-order valence-corrected chi connectivity index (χ1v) is 7.59. The van der Waals surface area contributed by atoms with E-state index in [1.54, 1.807) is 6.07 Å². The van der Waals surface area contributed by atoms with E-state index in [1.807, 2.05) is 18.3 Å². The van der Waals surface area contributed by atoms with E-state index in [2.05, 4.69) is 29.0 Å². The molecule has 0 saturated heterocycles. The Kier molecular flexibility index (Phi) is 5.69. The standard InChI is InChI=1S/C16H18Cl2N2/c1-2-16-19-11-14(20-16)7-5-3-4-6-12-8-9-13(17)10-15(12)18/h5,7-11H,2-4,6H2,1H3,(H,19,20)/b7-5+. The molecule has 1 N–H and O–H groups in total. The normalized spacial score (nSPS) is 11.3. The predicted octanol–water partition coefficient (Wildman–Crippen LogP) is 5.32. The summed E-state index contributed by atoms with van der Waals surface area (Å²) in [7, 11) is 0. The van der Waals surface area contributed by atoms with Gasteiger partial charge in [-0.3, -0.25) is 0 Å². The molecule has 106 valence electrons. The van der Waals surface area contributed by atoms with E-state index >= 15 is 0 Å². The highest BCUT2D eigenvalue weighted by Crippen LogP contribution is 2.22. The zero-order valence-corrected chi connectivity index (χ0v) is 13.0. The van der Waals surface area contributed by atoms with Crippen molar-refractivity contribution in [1.82, 2.24) is 9.97 Å². The molecular formula is C16H18Cl2N2. The van der Waals surface area contributed by atoms with E-state index < -0.39 is 0 Å². The van der Waals surface area contributed by atoms with Crippen LogP contribution < -0.4 is 0 Å². The van der Waals surface area contributed by atoms with Crippen molar-refractivity contribution in [2.45, 2.75) is 32.6 Å². The molecule has 1 aromatic heterocycles. The third-order valence-electron chi connectivity index (χ3n) is 3.11. The zero-order valence-electron chi connectivity index (χ0n) is 11.5. The quantitative estimate of drug-likeness (QED) is 0.719. The van der Waals surface area contributed by atoms with E-state index in [1.165, 1.54) is 0 Å². The number of H-pyrrole nitrogens is 1. The Balaban J connectivity index is 1.78. The Morgan fingerprint density at radius 3 is 2.85 bits per heavy atom.